The number of nitrogens with one attached hydrogen (secondary N) is 3. The van der Waals surface area contributed by atoms with Crippen molar-refractivity contribution in [3.8, 4) is 11.1 Å². The first kappa shape index (κ1) is 25.3. The minimum absolute atomic E-state index is 0.0467. The molecule has 2 heterocycles. The van der Waals surface area contributed by atoms with Crippen LogP contribution in [0.4, 0.5) is 14.9 Å². The summed E-state index contributed by atoms with van der Waals surface area (Å²) in [6.45, 7) is 6.85. The number of carbonyl (C=O) groups is 1. The molecule has 3 rings (SSSR count). The molecule has 0 spiro atoms. The van der Waals surface area contributed by atoms with Gasteiger partial charge in [0, 0.05) is 30.2 Å². The van der Waals surface area contributed by atoms with Gasteiger partial charge in [-0.1, -0.05) is 13.8 Å². The number of hydrogen-bond acceptors (Lipinski definition) is 6. The molecular weight excluding hydrogens is 457 g/mol. The maximum absolute atomic E-state index is 14.5. The topological polar surface area (TPSA) is 116 Å². The first-order chi connectivity index (χ1) is 16.0. The van der Waals surface area contributed by atoms with Crippen LogP contribution >= 0.6 is 0 Å². The number of rotatable bonds is 8. The zero-order valence-electron chi connectivity index (χ0n) is 19.9. The lowest BCUT2D eigenvalue weighted by Gasteiger charge is -2.19. The third kappa shape index (κ3) is 6.17. The molecule has 1 unspecified atom stereocenters. The second kappa shape index (κ2) is 10.3. The molecule has 3 aromatic rings. The number of carbonyl (C=O) groups excluding carboxylic acids is 1. The van der Waals surface area contributed by atoms with Crippen LogP contribution in [0.1, 0.15) is 31.0 Å². The van der Waals surface area contributed by atoms with Gasteiger partial charge in [-0.15, -0.1) is 0 Å². The largest absolute Gasteiger partial charge is 0.332 e. The molecule has 3 N–H and O–H groups in total. The Bertz CT molecular complexity index is 1290. The Morgan fingerprint density at radius 1 is 1.26 bits per heavy atom. The van der Waals surface area contributed by atoms with E-state index in [2.05, 4.69) is 20.1 Å². The number of nitrogens with zero attached hydrogens (tertiary/aromatic N) is 4. The molecule has 34 heavy (non-hydrogen) atoms. The summed E-state index contributed by atoms with van der Waals surface area (Å²) in [4.78, 5) is 19.0. The first-order valence-corrected chi connectivity index (χ1v) is 12.3. The smallest absolute Gasteiger partial charge is 0.308 e. The van der Waals surface area contributed by atoms with Gasteiger partial charge >= 0.3 is 6.03 Å². The predicted molar refractivity (Wildman–Crippen MR) is 131 cm³/mol. The Kier molecular flexibility index (Phi) is 7.68. The van der Waals surface area contributed by atoms with Gasteiger partial charge in [-0.3, -0.25) is 9.67 Å². The molecule has 182 valence electrons. The lowest BCUT2D eigenvalue weighted by Crippen LogP contribution is -2.34. The van der Waals surface area contributed by atoms with Gasteiger partial charge in [0.25, 0.3) is 0 Å². The summed E-state index contributed by atoms with van der Waals surface area (Å²) in [6.07, 6.45) is 3.23. The third-order valence-electron chi connectivity index (χ3n) is 5.13. The number of aromatic nitrogens is 3. The standard InChI is InChI=1S/C23H30FN7O2S/c1-15(2)19-13-18(24)14-20(17-6-8-26-16(3)12-17)22(19)27-23(32)29-34(25,33)21-7-9-31(28-21)11-10-30(4)5/h6-9,12-15H,10-11H2,1-5H3,(H3,25,27,29,32,33). The summed E-state index contributed by atoms with van der Waals surface area (Å²) in [5, 5.41) is 6.83. The Balaban J connectivity index is 1.89. The summed E-state index contributed by atoms with van der Waals surface area (Å²) in [6, 6.07) is 6.82. The van der Waals surface area contributed by atoms with Crippen LogP contribution in [0.3, 0.4) is 0 Å². The lowest BCUT2D eigenvalue weighted by molar-refractivity contribution is 0.256. The molecule has 2 aromatic heterocycles. The monoisotopic (exact) mass is 487 g/mol. The maximum atomic E-state index is 14.5. The van der Waals surface area contributed by atoms with Crippen molar-refractivity contribution in [2.45, 2.75) is 38.3 Å². The highest BCUT2D eigenvalue weighted by Crippen LogP contribution is 2.36. The summed E-state index contributed by atoms with van der Waals surface area (Å²) < 4.78 is 39.4. The van der Waals surface area contributed by atoms with E-state index in [4.69, 9.17) is 4.78 Å². The van der Waals surface area contributed by atoms with Crippen molar-refractivity contribution in [3.05, 3.63) is 59.8 Å². The molecule has 9 nitrogen and oxygen atoms in total. The van der Waals surface area contributed by atoms with Crippen LogP contribution in [0.5, 0.6) is 0 Å². The average Bonchev–Trinajstić information content (AvgIpc) is 3.23. The fourth-order valence-electron chi connectivity index (χ4n) is 3.41. The Hall–Kier alpha value is -3.31. The Labute approximate surface area is 199 Å². The second-order valence-corrected chi connectivity index (χ2v) is 10.3. The molecule has 0 aliphatic rings. The number of amides is 2. The number of likely N-dealkylation sites (N-methyl/N-ethyl adjacent to an activating group) is 1. The van der Waals surface area contributed by atoms with Gasteiger partial charge in [0.2, 0.25) is 0 Å². The van der Waals surface area contributed by atoms with Crippen LogP contribution < -0.4 is 10.0 Å². The summed E-state index contributed by atoms with van der Waals surface area (Å²) in [5.41, 5.74) is 2.83. The SMILES string of the molecule is Cc1cc(-c2cc(F)cc(C(C)C)c2NC(=O)NS(=N)(=O)c2ccn(CCN(C)C)n2)ccn1. The summed E-state index contributed by atoms with van der Waals surface area (Å²) in [7, 11) is 0.131. The Morgan fingerprint density at radius 2 is 2.00 bits per heavy atom. The van der Waals surface area contributed by atoms with Crippen molar-refractivity contribution in [2.75, 3.05) is 26.0 Å². The fourth-order valence-corrected chi connectivity index (χ4v) is 4.30. The van der Waals surface area contributed by atoms with Crippen LogP contribution in [0.2, 0.25) is 0 Å². The number of pyridine rings is 1. The van der Waals surface area contributed by atoms with E-state index in [-0.39, 0.29) is 10.9 Å². The summed E-state index contributed by atoms with van der Waals surface area (Å²) in [5.74, 6) is -0.549. The van der Waals surface area contributed by atoms with E-state index >= 15 is 0 Å². The molecule has 1 aromatic carbocycles. The predicted octanol–water partition coefficient (Wildman–Crippen LogP) is 4.22. The van der Waals surface area contributed by atoms with Crippen molar-refractivity contribution in [1.29, 1.82) is 4.78 Å². The minimum Gasteiger partial charge on any atom is -0.308 e. The van der Waals surface area contributed by atoms with Gasteiger partial charge in [-0.2, -0.15) is 5.10 Å². The molecule has 0 aliphatic heterocycles. The number of aryl methyl sites for hydroxylation is 1. The van der Waals surface area contributed by atoms with E-state index in [1.807, 2.05) is 39.8 Å². The van der Waals surface area contributed by atoms with Gasteiger partial charge in [-0.25, -0.2) is 22.9 Å². The van der Waals surface area contributed by atoms with Crippen LogP contribution in [0, 0.1) is 17.5 Å². The number of halogens is 1. The highest BCUT2D eigenvalue weighted by atomic mass is 32.2. The lowest BCUT2D eigenvalue weighted by atomic mass is 9.94. The van der Waals surface area contributed by atoms with E-state index in [0.717, 1.165) is 5.69 Å². The normalized spacial score (nSPS) is 13.2. The highest BCUT2D eigenvalue weighted by Gasteiger charge is 2.21. The van der Waals surface area contributed by atoms with E-state index in [1.165, 1.54) is 18.2 Å². The van der Waals surface area contributed by atoms with Crippen LogP contribution in [0.15, 0.2) is 47.8 Å². The quantitative estimate of drug-likeness (QED) is 0.440. The van der Waals surface area contributed by atoms with Crippen LogP contribution in [-0.4, -0.2) is 50.5 Å². The van der Waals surface area contributed by atoms with E-state index in [0.29, 0.717) is 35.5 Å². The number of urea groups is 1. The van der Waals surface area contributed by atoms with Gasteiger partial charge < -0.3 is 10.2 Å². The molecule has 11 heteroatoms. The molecule has 0 aliphatic carbocycles. The van der Waals surface area contributed by atoms with E-state index < -0.39 is 21.8 Å². The van der Waals surface area contributed by atoms with Crippen molar-refractivity contribution in [3.63, 3.8) is 0 Å². The zero-order chi connectivity index (χ0) is 25.0. The van der Waals surface area contributed by atoms with Crippen molar-refractivity contribution < 1.29 is 13.4 Å². The molecule has 1 atom stereocenters. The van der Waals surface area contributed by atoms with Gasteiger partial charge in [0.1, 0.15) is 5.82 Å². The fraction of sp³-hybridized carbons (Fsp3) is 0.348. The maximum Gasteiger partial charge on any atom is 0.332 e. The second-order valence-electron chi connectivity index (χ2n) is 8.59. The first-order valence-electron chi connectivity index (χ1n) is 10.8. The highest BCUT2D eigenvalue weighted by molar-refractivity contribution is 7.91. The minimum atomic E-state index is -3.71. The third-order valence-corrected chi connectivity index (χ3v) is 6.40. The molecule has 0 saturated heterocycles. The molecule has 0 radical (unpaired) electrons. The number of benzene rings is 1. The number of hydrogen-bond donors (Lipinski definition) is 3. The average molecular weight is 488 g/mol. The van der Waals surface area contributed by atoms with E-state index in [1.54, 1.807) is 29.2 Å². The van der Waals surface area contributed by atoms with Gasteiger partial charge in [0.15, 0.2) is 14.9 Å². The van der Waals surface area contributed by atoms with Crippen molar-refractivity contribution in [2.24, 2.45) is 0 Å². The van der Waals surface area contributed by atoms with Crippen molar-refractivity contribution in [1.82, 2.24) is 24.4 Å². The van der Waals surface area contributed by atoms with E-state index in [9.17, 15) is 13.4 Å². The summed E-state index contributed by atoms with van der Waals surface area (Å²) >= 11 is 0. The molecule has 0 fully saturated rings. The van der Waals surface area contributed by atoms with Crippen LogP contribution in [0.25, 0.3) is 11.1 Å². The molecule has 0 bridgehead atoms. The van der Waals surface area contributed by atoms with Crippen molar-refractivity contribution >= 4 is 21.6 Å². The van der Waals surface area contributed by atoms with Crippen LogP contribution in [-0.2, 0) is 16.5 Å². The molecule has 0 saturated carbocycles. The zero-order valence-corrected chi connectivity index (χ0v) is 20.7. The van der Waals surface area contributed by atoms with Gasteiger partial charge in [0.05, 0.1) is 12.2 Å². The van der Waals surface area contributed by atoms with Gasteiger partial charge in [-0.05, 0) is 68.4 Å². The molecule has 2 amide bonds. The number of anilines is 1. The Morgan fingerprint density at radius 3 is 2.65 bits per heavy atom. The molecular formula is C23H30FN7O2S.